The van der Waals surface area contributed by atoms with Gasteiger partial charge in [0.25, 0.3) is 0 Å². The lowest BCUT2D eigenvalue weighted by Gasteiger charge is -2.11. The minimum absolute atomic E-state index is 0.0181. The van der Waals surface area contributed by atoms with Gasteiger partial charge in [0.1, 0.15) is 5.69 Å². The summed E-state index contributed by atoms with van der Waals surface area (Å²) in [6.45, 7) is 0. The van der Waals surface area contributed by atoms with Crippen LogP contribution in [-0.2, 0) is 21.2 Å². The van der Waals surface area contributed by atoms with E-state index in [0.29, 0.717) is 22.7 Å². The normalized spacial score (nSPS) is 11.4. The third-order valence-corrected chi connectivity index (χ3v) is 3.87. The van der Waals surface area contributed by atoms with Gasteiger partial charge in [0.05, 0.1) is 24.1 Å². The van der Waals surface area contributed by atoms with E-state index in [1.807, 2.05) is 18.2 Å². The Morgan fingerprint density at radius 1 is 1.08 bits per heavy atom. The summed E-state index contributed by atoms with van der Waals surface area (Å²) in [4.78, 5) is 12.3. The third kappa shape index (κ3) is 3.72. The molecule has 124 valence electrons. The van der Waals surface area contributed by atoms with Gasteiger partial charge in [-0.1, -0.05) is 29.4 Å². The van der Waals surface area contributed by atoms with Crippen LogP contribution in [0.25, 0.3) is 11.0 Å². The number of benzene rings is 2. The zero-order chi connectivity index (χ0) is 17.2. The minimum atomic E-state index is -3.44. The molecule has 2 N–H and O–H groups in total. The van der Waals surface area contributed by atoms with Crippen LogP contribution in [0.2, 0.25) is 0 Å². The van der Waals surface area contributed by atoms with Gasteiger partial charge in [-0.2, -0.15) is 0 Å². The number of amides is 1. The fourth-order valence-electron chi connectivity index (χ4n) is 2.29. The third-order valence-electron chi connectivity index (χ3n) is 3.28. The highest BCUT2D eigenvalue weighted by Gasteiger charge is 2.14. The van der Waals surface area contributed by atoms with Crippen LogP contribution in [0.15, 0.2) is 53.1 Å². The van der Waals surface area contributed by atoms with E-state index in [4.69, 9.17) is 4.52 Å². The van der Waals surface area contributed by atoms with Gasteiger partial charge in [-0.05, 0) is 24.3 Å². The van der Waals surface area contributed by atoms with Gasteiger partial charge in [0.15, 0.2) is 5.58 Å². The predicted molar refractivity (Wildman–Crippen MR) is 91.3 cm³/mol. The van der Waals surface area contributed by atoms with Gasteiger partial charge < -0.3 is 9.84 Å². The quantitative estimate of drug-likeness (QED) is 0.739. The average molecular weight is 345 g/mol. The monoisotopic (exact) mass is 345 g/mol. The number of para-hydroxylation sites is 3. The Hall–Kier alpha value is -2.87. The molecule has 0 radical (unpaired) electrons. The number of sulfonamides is 1. The first kappa shape index (κ1) is 16.0. The van der Waals surface area contributed by atoms with Crippen LogP contribution in [0, 0.1) is 0 Å². The molecule has 0 bridgehead atoms. The van der Waals surface area contributed by atoms with E-state index >= 15 is 0 Å². The van der Waals surface area contributed by atoms with Gasteiger partial charge in [-0.15, -0.1) is 0 Å². The van der Waals surface area contributed by atoms with Crippen LogP contribution in [-0.4, -0.2) is 25.7 Å². The number of fused-ring (bicyclic) bond motifs is 1. The summed E-state index contributed by atoms with van der Waals surface area (Å²) in [6.07, 6.45) is 1.07. The Balaban J connectivity index is 1.78. The summed E-state index contributed by atoms with van der Waals surface area (Å²) >= 11 is 0. The molecule has 1 amide bonds. The zero-order valence-corrected chi connectivity index (χ0v) is 13.6. The molecule has 3 aromatic rings. The van der Waals surface area contributed by atoms with Crippen molar-refractivity contribution < 1.29 is 17.7 Å². The van der Waals surface area contributed by atoms with Crippen molar-refractivity contribution in [3.05, 3.63) is 54.2 Å². The lowest BCUT2D eigenvalue weighted by atomic mass is 10.1. The van der Waals surface area contributed by atoms with Crippen LogP contribution >= 0.6 is 0 Å². The first-order valence-electron chi connectivity index (χ1n) is 7.12. The number of rotatable bonds is 5. The molecule has 0 saturated carbocycles. The number of nitrogens with one attached hydrogen (secondary N) is 2. The maximum Gasteiger partial charge on any atom is 0.230 e. The highest BCUT2D eigenvalue weighted by molar-refractivity contribution is 7.92. The van der Waals surface area contributed by atoms with Crippen molar-refractivity contribution >= 4 is 38.3 Å². The number of carbonyl (C=O) groups is 1. The van der Waals surface area contributed by atoms with Gasteiger partial charge >= 0.3 is 0 Å². The smallest absolute Gasteiger partial charge is 0.230 e. The van der Waals surface area contributed by atoms with Crippen molar-refractivity contribution in [3.63, 3.8) is 0 Å². The molecule has 0 fully saturated rings. The summed E-state index contributed by atoms with van der Waals surface area (Å²) in [7, 11) is -3.44. The summed E-state index contributed by atoms with van der Waals surface area (Å²) in [5.74, 6) is -0.322. The second kappa shape index (κ2) is 6.32. The lowest BCUT2D eigenvalue weighted by Crippen LogP contribution is -2.17. The fraction of sp³-hybridized carbons (Fsp3) is 0.125. The minimum Gasteiger partial charge on any atom is -0.356 e. The molecule has 0 atom stereocenters. The van der Waals surface area contributed by atoms with Gasteiger partial charge in [0.2, 0.25) is 15.9 Å². The summed E-state index contributed by atoms with van der Waals surface area (Å²) in [5.41, 5.74) is 1.81. The van der Waals surface area contributed by atoms with Gasteiger partial charge in [-0.25, -0.2) is 8.42 Å². The maximum atomic E-state index is 12.3. The van der Waals surface area contributed by atoms with E-state index in [-0.39, 0.29) is 12.3 Å². The highest BCUT2D eigenvalue weighted by atomic mass is 32.2. The second-order valence-electron chi connectivity index (χ2n) is 5.27. The topological polar surface area (TPSA) is 101 Å². The Morgan fingerprint density at radius 3 is 2.50 bits per heavy atom. The second-order valence-corrected chi connectivity index (χ2v) is 7.02. The number of hydrogen-bond donors (Lipinski definition) is 2. The van der Waals surface area contributed by atoms with Crippen LogP contribution in [0.3, 0.4) is 0 Å². The Labute approximate surface area is 138 Å². The SMILES string of the molecule is CS(=O)(=O)Nc1ccccc1NC(=O)Cc1noc2ccccc12. The first-order valence-corrected chi connectivity index (χ1v) is 9.01. The van der Waals surface area contributed by atoms with Crippen molar-refractivity contribution in [2.75, 3.05) is 16.3 Å². The molecule has 0 spiro atoms. The molecule has 0 aliphatic heterocycles. The lowest BCUT2D eigenvalue weighted by molar-refractivity contribution is -0.115. The van der Waals surface area contributed by atoms with Crippen LogP contribution in [0.4, 0.5) is 11.4 Å². The molecule has 0 aliphatic carbocycles. The molecule has 2 aromatic carbocycles. The van der Waals surface area contributed by atoms with Crippen molar-refractivity contribution in [3.8, 4) is 0 Å². The number of aromatic nitrogens is 1. The highest BCUT2D eigenvalue weighted by Crippen LogP contribution is 2.23. The molecule has 0 aliphatic rings. The molecule has 7 nitrogen and oxygen atoms in total. The number of anilines is 2. The van der Waals surface area contributed by atoms with Crippen LogP contribution < -0.4 is 10.0 Å². The van der Waals surface area contributed by atoms with Crippen molar-refractivity contribution in [1.82, 2.24) is 5.16 Å². The molecule has 1 heterocycles. The van der Waals surface area contributed by atoms with Gasteiger partial charge in [-0.3, -0.25) is 9.52 Å². The molecule has 3 rings (SSSR count). The summed E-state index contributed by atoms with van der Waals surface area (Å²) in [5, 5.41) is 7.37. The predicted octanol–water partition coefficient (Wildman–Crippen LogP) is 2.38. The van der Waals surface area contributed by atoms with E-state index in [1.165, 1.54) is 0 Å². The van der Waals surface area contributed by atoms with Crippen molar-refractivity contribution in [2.45, 2.75) is 6.42 Å². The maximum absolute atomic E-state index is 12.3. The standard InChI is InChI=1S/C16H15N3O4S/c1-24(21,22)19-13-8-4-3-7-12(13)17-16(20)10-14-11-6-2-5-9-15(11)23-18-14/h2-9,19H,10H2,1H3,(H,17,20). The molecule has 0 saturated heterocycles. The molecule has 0 unspecified atom stereocenters. The van der Waals surface area contributed by atoms with E-state index in [0.717, 1.165) is 11.6 Å². The summed E-state index contributed by atoms with van der Waals surface area (Å²) in [6, 6.07) is 13.8. The molecular weight excluding hydrogens is 330 g/mol. The molecule has 24 heavy (non-hydrogen) atoms. The Morgan fingerprint density at radius 2 is 1.75 bits per heavy atom. The van der Waals surface area contributed by atoms with E-state index < -0.39 is 10.0 Å². The number of hydrogen-bond acceptors (Lipinski definition) is 5. The zero-order valence-electron chi connectivity index (χ0n) is 12.8. The van der Waals surface area contributed by atoms with Crippen molar-refractivity contribution in [1.29, 1.82) is 0 Å². The molecular formula is C16H15N3O4S. The Kier molecular flexibility index (Phi) is 4.22. The average Bonchev–Trinajstić information content (AvgIpc) is 2.91. The van der Waals surface area contributed by atoms with Gasteiger partial charge in [0, 0.05) is 5.39 Å². The van der Waals surface area contributed by atoms with Crippen LogP contribution in [0.1, 0.15) is 5.69 Å². The molecule has 8 heteroatoms. The first-order chi connectivity index (χ1) is 11.4. The molecule has 1 aromatic heterocycles. The number of nitrogens with zero attached hydrogens (tertiary/aromatic N) is 1. The fourth-order valence-corrected chi connectivity index (χ4v) is 2.87. The van der Waals surface area contributed by atoms with Crippen LogP contribution in [0.5, 0.6) is 0 Å². The summed E-state index contributed by atoms with van der Waals surface area (Å²) < 4.78 is 30.3. The van der Waals surface area contributed by atoms with E-state index in [1.54, 1.807) is 30.3 Å². The number of carbonyl (C=O) groups excluding carboxylic acids is 1. The van der Waals surface area contributed by atoms with Crippen molar-refractivity contribution in [2.24, 2.45) is 0 Å². The van der Waals surface area contributed by atoms with E-state index in [9.17, 15) is 13.2 Å². The van der Waals surface area contributed by atoms with E-state index in [2.05, 4.69) is 15.2 Å². The largest absolute Gasteiger partial charge is 0.356 e. The Bertz CT molecular complexity index is 995.